The molecule has 0 radical (unpaired) electrons. The lowest BCUT2D eigenvalue weighted by molar-refractivity contribution is 0.0731. The molecule has 0 saturated heterocycles. The van der Waals surface area contributed by atoms with E-state index in [2.05, 4.69) is 34.6 Å². The predicted molar refractivity (Wildman–Crippen MR) is 157 cm³/mol. The molecule has 0 bridgehead atoms. The number of fused-ring (bicyclic) bond motifs is 2. The first-order chi connectivity index (χ1) is 17.3. The third kappa shape index (κ3) is 4.73. The van der Waals surface area contributed by atoms with Crippen molar-refractivity contribution in [3.05, 3.63) is 53.5 Å². The molecule has 6 heteroatoms. The van der Waals surface area contributed by atoms with Gasteiger partial charge >= 0.3 is 0 Å². The van der Waals surface area contributed by atoms with Crippen LogP contribution in [-0.2, 0) is 11.1 Å². The summed E-state index contributed by atoms with van der Waals surface area (Å²) in [7, 11) is 0. The predicted octanol–water partition coefficient (Wildman–Crippen LogP) is 6.06. The van der Waals surface area contributed by atoms with E-state index in [9.17, 15) is 19.2 Å². The van der Waals surface area contributed by atoms with Crippen LogP contribution in [0.25, 0.3) is 21.5 Å². The van der Waals surface area contributed by atoms with Crippen LogP contribution in [0.2, 0.25) is 0 Å². The Morgan fingerprint density at radius 2 is 0.947 bits per heavy atom. The molecule has 2 heterocycles. The van der Waals surface area contributed by atoms with Gasteiger partial charge in [0.15, 0.2) is 0 Å². The number of rotatable bonds is 5. The van der Waals surface area contributed by atoms with Crippen LogP contribution in [-0.4, -0.2) is 9.13 Å². The Balaban J connectivity index is 1.65. The first-order valence-electron chi connectivity index (χ1n) is 14.2. The molecule has 0 unspecified atom stereocenters. The Hall–Kier alpha value is -2.50. The average Bonchev–Trinajstić information content (AvgIpc) is 3.20. The van der Waals surface area contributed by atoms with Crippen LogP contribution in [0.1, 0.15) is 108 Å². The third-order valence-electron chi connectivity index (χ3n) is 9.61. The van der Waals surface area contributed by atoms with Gasteiger partial charge in [-0.15, -0.1) is 0 Å². The number of nitrogens with zero attached hydrogens (tertiary/aromatic N) is 2. The van der Waals surface area contributed by atoms with Crippen LogP contribution in [0.4, 0.5) is 0 Å². The van der Waals surface area contributed by atoms with Crippen molar-refractivity contribution in [3.8, 4) is 0 Å². The van der Waals surface area contributed by atoms with E-state index in [1.165, 1.54) is 47.0 Å². The lowest BCUT2D eigenvalue weighted by Crippen LogP contribution is -2.42. The molecular formula is C32H46N2O4. The van der Waals surface area contributed by atoms with E-state index in [1.54, 1.807) is 20.8 Å². The van der Waals surface area contributed by atoms with Crippen LogP contribution in [0.5, 0.6) is 0 Å². The molecule has 0 amide bonds. The molecule has 0 spiro atoms. The van der Waals surface area contributed by atoms with Crippen molar-refractivity contribution < 1.29 is 0 Å². The first kappa shape index (κ1) is 28.5. The average molecular weight is 523 g/mol. The van der Waals surface area contributed by atoms with Gasteiger partial charge < -0.3 is 0 Å². The van der Waals surface area contributed by atoms with Crippen molar-refractivity contribution in [1.29, 1.82) is 0 Å². The highest BCUT2D eigenvalue weighted by Gasteiger charge is 2.38. The maximum Gasteiger partial charge on any atom is 0.262 e. The second-order valence-corrected chi connectivity index (χ2v) is 15.2. The largest absolute Gasteiger partial charge is 0.269 e. The normalized spacial score (nSPS) is 20.1. The van der Waals surface area contributed by atoms with Crippen LogP contribution in [0, 0.1) is 22.7 Å². The molecule has 2 aromatic heterocycles. The fourth-order valence-corrected chi connectivity index (χ4v) is 6.82. The van der Waals surface area contributed by atoms with Gasteiger partial charge in [-0.25, -0.2) is 0 Å². The van der Waals surface area contributed by atoms with Crippen molar-refractivity contribution in [3.63, 3.8) is 0 Å². The zero-order chi connectivity index (χ0) is 28.6. The van der Waals surface area contributed by atoms with E-state index in [0.717, 1.165) is 12.3 Å². The van der Waals surface area contributed by atoms with Gasteiger partial charge in [-0.2, -0.15) is 0 Å². The molecule has 0 aliphatic heterocycles. The van der Waals surface area contributed by atoms with Crippen molar-refractivity contribution in [2.75, 3.05) is 0 Å². The highest BCUT2D eigenvalue weighted by molar-refractivity contribution is 5.97. The summed E-state index contributed by atoms with van der Waals surface area (Å²) in [5.41, 5.74) is -2.52. The smallest absolute Gasteiger partial charge is 0.262 e. The summed E-state index contributed by atoms with van der Waals surface area (Å²) >= 11 is 0. The third-order valence-corrected chi connectivity index (χ3v) is 9.61. The summed E-state index contributed by atoms with van der Waals surface area (Å²) < 4.78 is 2.57. The molecule has 1 aromatic carbocycles. The summed E-state index contributed by atoms with van der Waals surface area (Å²) in [6.07, 6.45) is 6.57. The fraction of sp³-hybridized carbons (Fsp3) is 0.688. The molecule has 4 rings (SSSR count). The fourth-order valence-electron chi connectivity index (χ4n) is 6.82. The zero-order valence-electron chi connectivity index (χ0n) is 25.1. The summed E-state index contributed by atoms with van der Waals surface area (Å²) in [6.45, 7) is 21.0. The molecule has 0 atom stereocenters. The standard InChI is InChI=1S/C32H46N2O4/c1-29(2,3)19-11-13-20(14-12-19)31(7,8)15-16-32(9,10)34-27(37)23-17-21-22(18-24(23)28(34)38)26(36)33(25(21)35)30(4,5)6/h17-20H,11-16H2,1-10H3. The van der Waals surface area contributed by atoms with Crippen LogP contribution < -0.4 is 22.2 Å². The number of benzene rings is 1. The van der Waals surface area contributed by atoms with E-state index in [0.29, 0.717) is 17.8 Å². The molecule has 1 aliphatic rings. The van der Waals surface area contributed by atoms with Crippen LogP contribution >= 0.6 is 0 Å². The Morgan fingerprint density at radius 1 is 0.579 bits per heavy atom. The summed E-state index contributed by atoms with van der Waals surface area (Å²) in [6, 6.07) is 2.93. The monoisotopic (exact) mass is 522 g/mol. The summed E-state index contributed by atoms with van der Waals surface area (Å²) in [5, 5.41) is 0.852. The van der Waals surface area contributed by atoms with E-state index in [1.807, 2.05) is 13.8 Å². The second-order valence-electron chi connectivity index (χ2n) is 15.2. The van der Waals surface area contributed by atoms with Gasteiger partial charge in [0.2, 0.25) is 0 Å². The maximum absolute atomic E-state index is 13.6. The minimum absolute atomic E-state index is 0.106. The van der Waals surface area contributed by atoms with Crippen LogP contribution in [0.3, 0.4) is 0 Å². The van der Waals surface area contributed by atoms with Crippen molar-refractivity contribution in [2.24, 2.45) is 22.7 Å². The highest BCUT2D eigenvalue weighted by Crippen LogP contribution is 2.47. The first-order valence-corrected chi connectivity index (χ1v) is 14.2. The van der Waals surface area contributed by atoms with Crippen molar-refractivity contribution in [2.45, 2.75) is 119 Å². The van der Waals surface area contributed by atoms with Gasteiger partial charge in [0.1, 0.15) is 0 Å². The minimum Gasteiger partial charge on any atom is -0.269 e. The Morgan fingerprint density at radius 3 is 1.32 bits per heavy atom. The number of hydrogen-bond donors (Lipinski definition) is 0. The van der Waals surface area contributed by atoms with Crippen molar-refractivity contribution >= 4 is 21.5 Å². The van der Waals surface area contributed by atoms with E-state index in [-0.39, 0.29) is 38.1 Å². The Labute approximate surface area is 225 Å². The quantitative estimate of drug-likeness (QED) is 0.408. The molecule has 38 heavy (non-hydrogen) atoms. The Kier molecular flexibility index (Phi) is 6.77. The lowest BCUT2D eigenvalue weighted by atomic mass is 9.62. The van der Waals surface area contributed by atoms with Gasteiger partial charge in [-0.3, -0.25) is 28.3 Å². The molecule has 6 nitrogen and oxygen atoms in total. The van der Waals surface area contributed by atoms with Crippen molar-refractivity contribution in [1.82, 2.24) is 9.13 Å². The van der Waals surface area contributed by atoms with Gasteiger partial charge in [0, 0.05) is 11.1 Å². The SMILES string of the molecule is CC(C)(C)C1CCC(C(C)(C)CCC(C)(C)n2c(=O)c3cc4c(=O)n(C(C)(C)C)c(=O)c4cc3c2=O)CC1. The molecule has 1 aliphatic carbocycles. The van der Waals surface area contributed by atoms with Gasteiger partial charge in [-0.1, -0.05) is 34.6 Å². The van der Waals surface area contributed by atoms with Gasteiger partial charge in [0.05, 0.1) is 21.5 Å². The highest BCUT2D eigenvalue weighted by atomic mass is 16.2. The van der Waals surface area contributed by atoms with E-state index >= 15 is 0 Å². The summed E-state index contributed by atoms with van der Waals surface area (Å²) in [5.74, 6) is 1.39. The molecule has 1 fully saturated rings. The van der Waals surface area contributed by atoms with Gasteiger partial charge in [-0.05, 0) is 108 Å². The second kappa shape index (κ2) is 9.02. The molecule has 1 saturated carbocycles. The molecule has 0 N–H and O–H groups in total. The van der Waals surface area contributed by atoms with Gasteiger partial charge in [0.25, 0.3) is 22.2 Å². The number of aromatic nitrogens is 2. The van der Waals surface area contributed by atoms with E-state index < -0.39 is 22.2 Å². The topological polar surface area (TPSA) is 78.1 Å². The Bertz CT molecular complexity index is 1490. The molecule has 208 valence electrons. The number of hydrogen-bond acceptors (Lipinski definition) is 4. The lowest BCUT2D eigenvalue weighted by Gasteiger charge is -2.44. The molecular weight excluding hydrogens is 476 g/mol. The van der Waals surface area contributed by atoms with E-state index in [4.69, 9.17) is 0 Å². The van der Waals surface area contributed by atoms with Crippen LogP contribution in [0.15, 0.2) is 31.3 Å². The minimum atomic E-state index is -0.696. The zero-order valence-corrected chi connectivity index (χ0v) is 25.1. The maximum atomic E-state index is 13.6. The molecule has 3 aromatic rings. The summed E-state index contributed by atoms with van der Waals surface area (Å²) in [4.78, 5) is 53.3.